The van der Waals surface area contributed by atoms with Crippen molar-refractivity contribution in [2.24, 2.45) is 0 Å². The summed E-state index contributed by atoms with van der Waals surface area (Å²) in [5, 5.41) is 0.491. The van der Waals surface area contributed by atoms with E-state index in [1.54, 1.807) is 0 Å². The number of nitrogens with zero attached hydrogens (tertiary/aromatic N) is 3. The zero-order valence-corrected chi connectivity index (χ0v) is 14.4. The van der Waals surface area contributed by atoms with Crippen LogP contribution < -0.4 is 4.90 Å². The number of hydrogen-bond acceptors (Lipinski definition) is 4. The van der Waals surface area contributed by atoms with Gasteiger partial charge in [-0.25, -0.2) is 0 Å². The molecule has 0 unspecified atom stereocenters. The Morgan fingerprint density at radius 1 is 1.14 bits per heavy atom. The van der Waals surface area contributed by atoms with Crippen LogP contribution >= 0.6 is 11.8 Å². The molecule has 2 rings (SSSR count). The van der Waals surface area contributed by atoms with Crippen LogP contribution in [0.5, 0.6) is 0 Å². The fourth-order valence-corrected chi connectivity index (χ4v) is 3.71. The zero-order chi connectivity index (χ0) is 15.6. The summed E-state index contributed by atoms with van der Waals surface area (Å²) in [6.07, 6.45) is 2.13. The molecule has 0 saturated carbocycles. The zero-order valence-electron chi connectivity index (χ0n) is 13.5. The van der Waals surface area contributed by atoms with E-state index in [9.17, 15) is 4.79 Å². The first-order chi connectivity index (χ1) is 9.93. The molecule has 0 radical (unpaired) electrons. The van der Waals surface area contributed by atoms with Crippen LogP contribution in [0.1, 0.15) is 10.4 Å². The maximum atomic E-state index is 12.6. The summed E-state index contributed by atoms with van der Waals surface area (Å²) >= 11 is 1.85. The summed E-state index contributed by atoms with van der Waals surface area (Å²) in [4.78, 5) is 18.9. The van der Waals surface area contributed by atoms with Crippen LogP contribution in [0.2, 0.25) is 0 Å². The molecule has 1 amide bonds. The molecule has 0 aliphatic carbocycles. The van der Waals surface area contributed by atoms with E-state index < -0.39 is 0 Å². The highest BCUT2D eigenvalue weighted by Gasteiger charge is 2.36. The summed E-state index contributed by atoms with van der Waals surface area (Å²) in [6.45, 7) is 1.64. The summed E-state index contributed by atoms with van der Waals surface area (Å²) in [7, 11) is 8.19. The van der Waals surface area contributed by atoms with Crippen molar-refractivity contribution in [3.63, 3.8) is 0 Å². The average molecular weight is 307 g/mol. The van der Waals surface area contributed by atoms with Gasteiger partial charge < -0.3 is 14.7 Å². The van der Waals surface area contributed by atoms with Crippen LogP contribution in [0.15, 0.2) is 24.3 Å². The molecular weight excluding hydrogens is 282 g/mol. The fourth-order valence-electron chi connectivity index (χ4n) is 2.73. The molecule has 1 heterocycles. The molecule has 0 bridgehead atoms. The number of likely N-dealkylation sites (tertiary alicyclic amines) is 1. The molecule has 2 atom stereocenters. The number of likely N-dealkylation sites (N-methyl/N-ethyl adjacent to an activating group) is 1. The predicted molar refractivity (Wildman–Crippen MR) is 91.5 cm³/mol. The maximum absolute atomic E-state index is 12.6. The maximum Gasteiger partial charge on any atom is 0.253 e. The lowest BCUT2D eigenvalue weighted by Crippen LogP contribution is -2.37. The SMILES string of the molecule is CS[C@@H]1CN(C(=O)c2ccc(N(C)C)cc2)C[C@@H]1N(C)C. The number of anilines is 1. The van der Waals surface area contributed by atoms with Gasteiger partial charge in [0.25, 0.3) is 5.91 Å². The van der Waals surface area contributed by atoms with E-state index in [1.165, 1.54) is 0 Å². The summed E-state index contributed by atoms with van der Waals surface area (Å²) in [5.41, 5.74) is 1.89. The molecule has 21 heavy (non-hydrogen) atoms. The van der Waals surface area contributed by atoms with E-state index in [0.717, 1.165) is 24.3 Å². The minimum absolute atomic E-state index is 0.142. The topological polar surface area (TPSA) is 26.8 Å². The first kappa shape index (κ1) is 16.2. The smallest absolute Gasteiger partial charge is 0.253 e. The lowest BCUT2D eigenvalue weighted by molar-refractivity contribution is 0.0783. The van der Waals surface area contributed by atoms with E-state index in [-0.39, 0.29) is 5.91 Å². The van der Waals surface area contributed by atoms with Crippen LogP contribution in [-0.2, 0) is 0 Å². The first-order valence-electron chi connectivity index (χ1n) is 7.20. The summed E-state index contributed by atoms with van der Waals surface area (Å²) in [6, 6.07) is 8.28. The molecule has 5 heteroatoms. The Balaban J connectivity index is 2.10. The van der Waals surface area contributed by atoms with Crippen molar-refractivity contribution >= 4 is 23.4 Å². The van der Waals surface area contributed by atoms with E-state index in [2.05, 4.69) is 25.3 Å². The lowest BCUT2D eigenvalue weighted by Gasteiger charge is -2.23. The summed E-state index contributed by atoms with van der Waals surface area (Å²) in [5.74, 6) is 0.142. The van der Waals surface area contributed by atoms with Gasteiger partial charge in [-0.05, 0) is 44.6 Å². The third-order valence-corrected chi connectivity index (χ3v) is 5.19. The molecule has 1 aliphatic rings. The third-order valence-electron chi connectivity index (χ3n) is 4.12. The Bertz CT molecular complexity index is 487. The largest absolute Gasteiger partial charge is 0.378 e. The molecule has 0 spiro atoms. The summed E-state index contributed by atoms with van der Waals surface area (Å²) < 4.78 is 0. The monoisotopic (exact) mass is 307 g/mol. The van der Waals surface area contributed by atoms with Gasteiger partial charge in [0.15, 0.2) is 0 Å². The van der Waals surface area contributed by atoms with Gasteiger partial charge >= 0.3 is 0 Å². The second-order valence-corrected chi connectivity index (χ2v) is 7.03. The first-order valence-corrected chi connectivity index (χ1v) is 8.48. The van der Waals surface area contributed by atoms with Crippen molar-refractivity contribution in [3.05, 3.63) is 29.8 Å². The highest BCUT2D eigenvalue weighted by molar-refractivity contribution is 7.99. The quantitative estimate of drug-likeness (QED) is 0.848. The van der Waals surface area contributed by atoms with Gasteiger partial charge in [0, 0.05) is 49.7 Å². The Kier molecular flexibility index (Phi) is 5.17. The van der Waals surface area contributed by atoms with Crippen molar-refractivity contribution in [2.45, 2.75) is 11.3 Å². The standard InChI is InChI=1S/C16H25N3OS/c1-17(2)13-8-6-12(7-9-13)16(20)19-10-14(18(3)4)15(11-19)21-5/h6-9,14-15H,10-11H2,1-5H3/t14-,15+/m0/s1. The van der Waals surface area contributed by atoms with Crippen molar-refractivity contribution in [1.29, 1.82) is 0 Å². The van der Waals surface area contributed by atoms with Gasteiger partial charge in [-0.1, -0.05) is 0 Å². The van der Waals surface area contributed by atoms with Crippen LogP contribution in [0.3, 0.4) is 0 Å². The van der Waals surface area contributed by atoms with E-state index >= 15 is 0 Å². The predicted octanol–water partition coefficient (Wildman–Crippen LogP) is 1.87. The third kappa shape index (κ3) is 3.52. The molecule has 1 fully saturated rings. The Morgan fingerprint density at radius 3 is 2.19 bits per heavy atom. The minimum atomic E-state index is 0.142. The molecule has 4 nitrogen and oxygen atoms in total. The number of rotatable bonds is 4. The Hall–Kier alpha value is -1.20. The number of thioether (sulfide) groups is 1. The van der Waals surface area contributed by atoms with Gasteiger partial charge in [-0.2, -0.15) is 11.8 Å². The van der Waals surface area contributed by atoms with Crippen LogP contribution in [0, 0.1) is 0 Å². The van der Waals surface area contributed by atoms with Gasteiger partial charge in [0.2, 0.25) is 0 Å². The van der Waals surface area contributed by atoms with E-state index in [0.29, 0.717) is 11.3 Å². The molecule has 1 aliphatic heterocycles. The van der Waals surface area contributed by atoms with Gasteiger partial charge in [-0.3, -0.25) is 4.79 Å². The number of hydrogen-bond donors (Lipinski definition) is 0. The van der Waals surface area contributed by atoms with E-state index in [4.69, 9.17) is 0 Å². The fraction of sp³-hybridized carbons (Fsp3) is 0.562. The van der Waals surface area contributed by atoms with Gasteiger partial charge in [-0.15, -0.1) is 0 Å². The van der Waals surface area contributed by atoms with Crippen molar-refractivity contribution in [2.75, 3.05) is 52.4 Å². The lowest BCUT2D eigenvalue weighted by atomic mass is 10.2. The molecular formula is C16H25N3OS. The van der Waals surface area contributed by atoms with E-state index in [1.807, 2.05) is 59.9 Å². The minimum Gasteiger partial charge on any atom is -0.378 e. The van der Waals surface area contributed by atoms with Crippen LogP contribution in [0.25, 0.3) is 0 Å². The molecule has 1 saturated heterocycles. The van der Waals surface area contributed by atoms with Gasteiger partial charge in [0.05, 0.1) is 0 Å². The molecule has 0 N–H and O–H groups in total. The number of carbonyl (C=O) groups excluding carboxylic acids is 1. The molecule has 1 aromatic carbocycles. The van der Waals surface area contributed by atoms with Crippen molar-refractivity contribution in [1.82, 2.24) is 9.80 Å². The molecule has 116 valence electrons. The highest BCUT2D eigenvalue weighted by Crippen LogP contribution is 2.25. The average Bonchev–Trinajstić information content (AvgIpc) is 2.91. The van der Waals surface area contributed by atoms with Crippen molar-refractivity contribution in [3.8, 4) is 0 Å². The second kappa shape index (κ2) is 6.71. The van der Waals surface area contributed by atoms with Crippen molar-refractivity contribution < 1.29 is 4.79 Å². The molecule has 0 aromatic heterocycles. The number of carbonyl (C=O) groups is 1. The Labute approximate surface area is 132 Å². The highest BCUT2D eigenvalue weighted by atomic mass is 32.2. The molecule has 1 aromatic rings. The van der Waals surface area contributed by atoms with Crippen LogP contribution in [0.4, 0.5) is 5.69 Å². The normalized spacial score (nSPS) is 21.9. The Morgan fingerprint density at radius 2 is 1.76 bits per heavy atom. The van der Waals surface area contributed by atoms with Gasteiger partial charge in [0.1, 0.15) is 0 Å². The number of amides is 1. The number of benzene rings is 1. The second-order valence-electron chi connectivity index (χ2n) is 5.96. The van der Waals surface area contributed by atoms with Crippen LogP contribution in [-0.4, -0.2) is 74.5 Å².